The van der Waals surface area contributed by atoms with Crippen LogP contribution in [0.15, 0.2) is 0 Å². The van der Waals surface area contributed by atoms with Crippen molar-refractivity contribution in [1.82, 2.24) is 4.89 Å². The normalized spacial score (nSPS) is 12.3. The maximum atomic E-state index is 9.70. The summed E-state index contributed by atoms with van der Waals surface area (Å²) in [7, 11) is -8.22. The van der Waals surface area contributed by atoms with Gasteiger partial charge in [0.05, 0.1) is 6.29 Å². The lowest BCUT2D eigenvalue weighted by molar-refractivity contribution is 0.276. The SMILES string of the molecule is NCP(=O)(O)O.NN(N)P(=O)(O)O. The minimum absolute atomic E-state index is 0.146. The molecule has 0 fully saturated rings. The third-order valence-corrected chi connectivity index (χ3v) is 1.62. The van der Waals surface area contributed by atoms with Crippen LogP contribution in [0.2, 0.25) is 0 Å². The molecule has 0 aliphatic rings. The fourth-order valence-electron chi connectivity index (χ4n) is 0. The van der Waals surface area contributed by atoms with Crippen molar-refractivity contribution in [3.8, 4) is 0 Å². The third kappa shape index (κ3) is 14.9. The van der Waals surface area contributed by atoms with Crippen molar-refractivity contribution in [2.45, 2.75) is 0 Å². The van der Waals surface area contributed by atoms with Crippen LogP contribution in [0.1, 0.15) is 0 Å². The molecule has 0 rings (SSSR count). The van der Waals surface area contributed by atoms with Crippen molar-refractivity contribution in [2.24, 2.45) is 17.4 Å². The summed E-state index contributed by atoms with van der Waals surface area (Å²) in [5.74, 6) is 8.83. The van der Waals surface area contributed by atoms with E-state index < -0.39 is 21.6 Å². The molecule has 10 N–H and O–H groups in total. The predicted molar refractivity (Wildman–Crippen MR) is 43.4 cm³/mol. The Kier molecular flexibility index (Phi) is 6.94. The van der Waals surface area contributed by atoms with Gasteiger partial charge < -0.3 is 25.3 Å². The molecule has 0 aromatic rings. The Morgan fingerprint density at radius 1 is 1.08 bits per heavy atom. The lowest BCUT2D eigenvalue weighted by atomic mass is 11.6. The zero-order chi connectivity index (χ0) is 11.3. The van der Waals surface area contributed by atoms with Gasteiger partial charge >= 0.3 is 15.3 Å². The quantitative estimate of drug-likeness (QED) is 0.150. The van der Waals surface area contributed by atoms with Crippen molar-refractivity contribution in [2.75, 3.05) is 6.29 Å². The molecule has 12 heteroatoms. The van der Waals surface area contributed by atoms with E-state index in [9.17, 15) is 9.13 Å². The Morgan fingerprint density at radius 3 is 1.23 bits per heavy atom. The smallest absolute Gasteiger partial charge is 0.324 e. The van der Waals surface area contributed by atoms with Gasteiger partial charge in [-0.3, -0.25) is 4.57 Å². The Hall–Kier alpha value is 0.140. The first-order chi connectivity index (χ1) is 5.50. The molecular formula is CH12N4O6P2. The summed E-state index contributed by atoms with van der Waals surface area (Å²) < 4.78 is 19.3. The summed E-state index contributed by atoms with van der Waals surface area (Å²) in [6.45, 7) is 0. The number of nitrogens with zero attached hydrogens (tertiary/aromatic N) is 1. The van der Waals surface area contributed by atoms with Crippen molar-refractivity contribution in [3.05, 3.63) is 0 Å². The van der Waals surface area contributed by atoms with Gasteiger partial charge in [0, 0.05) is 0 Å². The van der Waals surface area contributed by atoms with Crippen LogP contribution in [-0.2, 0) is 9.13 Å². The van der Waals surface area contributed by atoms with E-state index in [0.29, 0.717) is 0 Å². The molecule has 13 heavy (non-hydrogen) atoms. The van der Waals surface area contributed by atoms with Gasteiger partial charge in [0.2, 0.25) is 0 Å². The average Bonchev–Trinajstić information content (AvgIpc) is 1.85. The van der Waals surface area contributed by atoms with E-state index in [2.05, 4.69) is 17.4 Å². The first kappa shape index (κ1) is 15.6. The number of rotatable bonds is 2. The monoisotopic (exact) mass is 238 g/mol. The summed E-state index contributed by atoms with van der Waals surface area (Å²) in [6, 6.07) is 0. The van der Waals surface area contributed by atoms with Gasteiger partial charge in [-0.05, 0) is 0 Å². The molecule has 0 atom stereocenters. The van der Waals surface area contributed by atoms with Crippen molar-refractivity contribution < 1.29 is 28.7 Å². The second kappa shape index (κ2) is 5.78. The van der Waals surface area contributed by atoms with Gasteiger partial charge in [-0.2, -0.15) is 0 Å². The minimum Gasteiger partial charge on any atom is -0.324 e. The average molecular weight is 238 g/mol. The van der Waals surface area contributed by atoms with E-state index in [1.54, 1.807) is 0 Å². The summed E-state index contributed by atoms with van der Waals surface area (Å²) in [5.41, 5.74) is 4.54. The van der Waals surface area contributed by atoms with Crippen LogP contribution in [0.5, 0.6) is 0 Å². The number of hydrazine groups is 2. The van der Waals surface area contributed by atoms with Gasteiger partial charge in [0.25, 0.3) is 0 Å². The molecule has 0 aromatic carbocycles. The highest BCUT2D eigenvalue weighted by atomic mass is 31.2. The highest BCUT2D eigenvalue weighted by Crippen LogP contribution is 2.32. The summed E-state index contributed by atoms with van der Waals surface area (Å²) in [6.07, 6.45) is -0.562. The molecule has 0 aliphatic heterocycles. The van der Waals surface area contributed by atoms with Gasteiger partial charge in [-0.15, -0.1) is 0 Å². The molecule has 0 aliphatic carbocycles. The van der Waals surface area contributed by atoms with Crippen molar-refractivity contribution in [1.29, 1.82) is 0 Å². The first-order valence-electron chi connectivity index (χ1n) is 2.61. The zero-order valence-electron chi connectivity index (χ0n) is 6.39. The molecule has 0 radical (unpaired) electrons. The number of hydrogen-bond acceptors (Lipinski definition) is 5. The molecule has 0 saturated carbocycles. The standard InChI is InChI=1S/CH6NO3P.H6N3O3P/c2-1-6(3,4)5;1-3(2)7(4,5)6/h1-2H2,(H2,3,4,5);1-2H2,(H2,4,5,6). The van der Waals surface area contributed by atoms with E-state index in [1.165, 1.54) is 0 Å². The second-order valence-electron chi connectivity index (χ2n) is 1.74. The summed E-state index contributed by atoms with van der Waals surface area (Å²) in [5, 5.41) is 0. The molecule has 0 unspecified atom stereocenters. The molecule has 82 valence electrons. The number of nitrogens with two attached hydrogens (primary N) is 3. The summed E-state index contributed by atoms with van der Waals surface area (Å²) in [4.78, 5) is 31.2. The van der Waals surface area contributed by atoms with Gasteiger partial charge in [0.1, 0.15) is 0 Å². The van der Waals surface area contributed by atoms with Crippen LogP contribution in [0.25, 0.3) is 0 Å². The third-order valence-electron chi connectivity index (χ3n) is 0.539. The minimum atomic E-state index is -4.35. The largest absolute Gasteiger partial charge is 0.430 e. The van der Waals surface area contributed by atoms with E-state index in [4.69, 9.17) is 19.6 Å². The Morgan fingerprint density at radius 2 is 1.23 bits per heavy atom. The topological polar surface area (TPSA) is 196 Å². The van der Waals surface area contributed by atoms with Crippen LogP contribution >= 0.6 is 15.3 Å². The molecule has 0 aromatic heterocycles. The van der Waals surface area contributed by atoms with Gasteiger partial charge in [0.15, 0.2) is 0 Å². The predicted octanol–water partition coefficient (Wildman–Crippen LogP) is -2.79. The van der Waals surface area contributed by atoms with E-state index >= 15 is 0 Å². The van der Waals surface area contributed by atoms with Crippen molar-refractivity contribution >= 4 is 15.3 Å². The lowest BCUT2D eigenvalue weighted by Gasteiger charge is -2.08. The van der Waals surface area contributed by atoms with Crippen molar-refractivity contribution in [3.63, 3.8) is 0 Å². The molecule has 10 nitrogen and oxygen atoms in total. The highest BCUT2D eigenvalue weighted by Gasteiger charge is 2.16. The Bertz CT molecular complexity index is 217. The van der Waals surface area contributed by atoms with Crippen LogP contribution in [0.3, 0.4) is 0 Å². The molecule has 0 saturated heterocycles. The maximum Gasteiger partial charge on any atom is 0.430 e. The Balaban J connectivity index is 0. The second-order valence-corrected chi connectivity index (χ2v) is 4.92. The highest BCUT2D eigenvalue weighted by molar-refractivity contribution is 7.51. The fourth-order valence-corrected chi connectivity index (χ4v) is 0. The van der Waals surface area contributed by atoms with Crippen LogP contribution in [0.4, 0.5) is 0 Å². The van der Waals surface area contributed by atoms with E-state index in [0.717, 1.165) is 0 Å². The van der Waals surface area contributed by atoms with Gasteiger partial charge in [-0.1, -0.05) is 4.89 Å². The molecule has 0 spiro atoms. The first-order valence-corrected chi connectivity index (χ1v) is 5.97. The molecular weight excluding hydrogens is 226 g/mol. The molecule has 0 amide bonds. The maximum absolute atomic E-state index is 9.70. The fraction of sp³-hybridized carbons (Fsp3) is 1.00. The van der Waals surface area contributed by atoms with Crippen LogP contribution < -0.4 is 17.4 Å². The van der Waals surface area contributed by atoms with E-state index in [1.807, 2.05) is 0 Å². The Labute approximate surface area is 73.6 Å². The zero-order valence-corrected chi connectivity index (χ0v) is 8.18. The summed E-state index contributed by atoms with van der Waals surface area (Å²) >= 11 is 0. The van der Waals surface area contributed by atoms with E-state index in [-0.39, 0.29) is 4.89 Å². The van der Waals surface area contributed by atoms with Crippen LogP contribution in [-0.4, -0.2) is 30.7 Å². The van der Waals surface area contributed by atoms with Crippen LogP contribution in [0, 0.1) is 0 Å². The van der Waals surface area contributed by atoms with Gasteiger partial charge in [-0.25, -0.2) is 16.3 Å². The molecule has 0 heterocycles. The number of hydrogen-bond donors (Lipinski definition) is 7. The molecule has 0 bridgehead atoms. The lowest BCUT2D eigenvalue weighted by Crippen LogP contribution is -2.34.